The van der Waals surface area contributed by atoms with Crippen LogP contribution >= 0.6 is 0 Å². The van der Waals surface area contributed by atoms with Crippen molar-refractivity contribution in [3.8, 4) is 0 Å². The average molecular weight is 235 g/mol. The molecule has 2 rings (SSSR count). The molecule has 0 saturated carbocycles. The highest BCUT2D eigenvalue weighted by atomic mass is 16.5. The lowest BCUT2D eigenvalue weighted by Gasteiger charge is -2.23. The highest BCUT2D eigenvalue weighted by Crippen LogP contribution is 2.17. The zero-order valence-electron chi connectivity index (χ0n) is 10.6. The second kappa shape index (κ2) is 5.47. The van der Waals surface area contributed by atoms with Gasteiger partial charge in [-0.25, -0.2) is 4.98 Å². The highest BCUT2D eigenvalue weighted by molar-refractivity contribution is 5.40. The number of pyridine rings is 1. The summed E-state index contributed by atoms with van der Waals surface area (Å²) in [4.78, 5) is 6.77. The lowest BCUT2D eigenvalue weighted by atomic mass is 10.1. The van der Waals surface area contributed by atoms with Crippen LogP contribution in [-0.4, -0.2) is 30.8 Å². The van der Waals surface area contributed by atoms with Crippen molar-refractivity contribution < 1.29 is 4.74 Å². The van der Waals surface area contributed by atoms with E-state index < -0.39 is 0 Å². The van der Waals surface area contributed by atoms with Gasteiger partial charge in [-0.05, 0) is 31.9 Å². The van der Waals surface area contributed by atoms with Crippen LogP contribution in [0.3, 0.4) is 0 Å². The Balaban J connectivity index is 2.10. The molecule has 0 spiro atoms. The molecule has 0 aliphatic carbocycles. The summed E-state index contributed by atoms with van der Waals surface area (Å²) >= 11 is 0. The smallest absolute Gasteiger partial charge is 0.128 e. The van der Waals surface area contributed by atoms with E-state index in [0.29, 0.717) is 0 Å². The molecule has 1 aliphatic rings. The Bertz CT molecular complexity index is 350. The Labute approximate surface area is 103 Å². The molecule has 4 nitrogen and oxygen atoms in total. The molecule has 0 aromatic carbocycles. The van der Waals surface area contributed by atoms with Crippen molar-refractivity contribution in [1.82, 2.24) is 4.98 Å². The monoisotopic (exact) mass is 235 g/mol. The van der Waals surface area contributed by atoms with Crippen molar-refractivity contribution in [3.63, 3.8) is 0 Å². The zero-order chi connectivity index (χ0) is 12.3. The first-order chi connectivity index (χ1) is 8.16. The Kier molecular flexibility index (Phi) is 3.97. The van der Waals surface area contributed by atoms with E-state index in [2.05, 4.69) is 28.9 Å². The molecule has 0 radical (unpaired) electrons. The molecule has 1 aliphatic heterocycles. The van der Waals surface area contributed by atoms with Crippen LogP contribution in [0.5, 0.6) is 0 Å². The summed E-state index contributed by atoms with van der Waals surface area (Å²) in [7, 11) is 0. The summed E-state index contributed by atoms with van der Waals surface area (Å²) in [6.07, 6.45) is 3.20. The Hall–Kier alpha value is -1.13. The van der Waals surface area contributed by atoms with E-state index >= 15 is 0 Å². The van der Waals surface area contributed by atoms with Crippen LogP contribution in [0, 0.1) is 0 Å². The standard InChI is InChI=1S/C13H21N3O/c1-10-9-16(6-3-7-17-10)13-5-4-12(8-15-13)11(2)14/h4-5,8,10-11H,3,6-7,9,14H2,1-2H3. The first kappa shape index (κ1) is 12.3. The number of hydrogen-bond acceptors (Lipinski definition) is 4. The van der Waals surface area contributed by atoms with E-state index in [1.807, 2.05) is 13.1 Å². The van der Waals surface area contributed by atoms with Crippen LogP contribution in [0.25, 0.3) is 0 Å². The van der Waals surface area contributed by atoms with Crippen LogP contribution in [-0.2, 0) is 4.74 Å². The van der Waals surface area contributed by atoms with Gasteiger partial charge in [0.2, 0.25) is 0 Å². The normalized spacial score (nSPS) is 23.2. The minimum atomic E-state index is 0.0444. The molecule has 2 unspecified atom stereocenters. The molecule has 2 N–H and O–H groups in total. The van der Waals surface area contributed by atoms with Gasteiger partial charge < -0.3 is 15.4 Å². The molecule has 1 aromatic heterocycles. The highest BCUT2D eigenvalue weighted by Gasteiger charge is 2.16. The summed E-state index contributed by atoms with van der Waals surface area (Å²) in [6, 6.07) is 4.16. The third kappa shape index (κ3) is 3.17. The van der Waals surface area contributed by atoms with Gasteiger partial charge in [-0.2, -0.15) is 0 Å². The van der Waals surface area contributed by atoms with Crippen LogP contribution in [0.2, 0.25) is 0 Å². The molecular weight excluding hydrogens is 214 g/mol. The lowest BCUT2D eigenvalue weighted by Crippen LogP contribution is -2.30. The fourth-order valence-corrected chi connectivity index (χ4v) is 2.06. The maximum atomic E-state index is 5.82. The first-order valence-electron chi connectivity index (χ1n) is 6.25. The molecule has 17 heavy (non-hydrogen) atoms. The maximum Gasteiger partial charge on any atom is 0.128 e. The number of nitrogens with two attached hydrogens (primary N) is 1. The van der Waals surface area contributed by atoms with Gasteiger partial charge in [0.15, 0.2) is 0 Å². The first-order valence-corrected chi connectivity index (χ1v) is 6.25. The van der Waals surface area contributed by atoms with Crippen molar-refractivity contribution >= 4 is 5.82 Å². The summed E-state index contributed by atoms with van der Waals surface area (Å²) in [5.41, 5.74) is 6.89. The van der Waals surface area contributed by atoms with Crippen LogP contribution in [0.4, 0.5) is 5.82 Å². The van der Waals surface area contributed by atoms with Crippen molar-refractivity contribution in [1.29, 1.82) is 0 Å². The maximum absolute atomic E-state index is 5.82. The summed E-state index contributed by atoms with van der Waals surface area (Å²) in [5.74, 6) is 1.02. The second-order valence-corrected chi connectivity index (χ2v) is 4.72. The van der Waals surface area contributed by atoms with Gasteiger partial charge in [0, 0.05) is 31.9 Å². The predicted molar refractivity (Wildman–Crippen MR) is 69.1 cm³/mol. The van der Waals surface area contributed by atoms with Crippen molar-refractivity contribution in [2.75, 3.05) is 24.6 Å². The van der Waals surface area contributed by atoms with E-state index in [-0.39, 0.29) is 12.1 Å². The second-order valence-electron chi connectivity index (χ2n) is 4.72. The zero-order valence-corrected chi connectivity index (χ0v) is 10.6. The van der Waals surface area contributed by atoms with Crippen LogP contribution in [0.15, 0.2) is 18.3 Å². The minimum Gasteiger partial charge on any atom is -0.377 e. The van der Waals surface area contributed by atoms with Crippen molar-refractivity contribution in [2.45, 2.75) is 32.4 Å². The number of anilines is 1. The number of rotatable bonds is 2. The van der Waals surface area contributed by atoms with Gasteiger partial charge in [0.25, 0.3) is 0 Å². The molecule has 2 heterocycles. The summed E-state index contributed by atoms with van der Waals surface area (Å²) < 4.78 is 5.63. The van der Waals surface area contributed by atoms with Crippen molar-refractivity contribution in [3.05, 3.63) is 23.9 Å². The minimum absolute atomic E-state index is 0.0444. The third-order valence-corrected chi connectivity index (χ3v) is 3.07. The van der Waals surface area contributed by atoms with Gasteiger partial charge in [-0.15, -0.1) is 0 Å². The van der Waals surface area contributed by atoms with Crippen LogP contribution in [0.1, 0.15) is 31.9 Å². The van der Waals surface area contributed by atoms with Gasteiger partial charge in [-0.1, -0.05) is 6.07 Å². The summed E-state index contributed by atoms with van der Waals surface area (Å²) in [5, 5.41) is 0. The van der Waals surface area contributed by atoms with E-state index in [9.17, 15) is 0 Å². The molecule has 94 valence electrons. The number of nitrogens with zero attached hydrogens (tertiary/aromatic N) is 2. The Morgan fingerprint density at radius 3 is 3.00 bits per heavy atom. The largest absolute Gasteiger partial charge is 0.377 e. The number of aromatic nitrogens is 1. The van der Waals surface area contributed by atoms with E-state index in [0.717, 1.165) is 37.5 Å². The molecule has 1 fully saturated rings. The fraction of sp³-hybridized carbons (Fsp3) is 0.615. The predicted octanol–water partition coefficient (Wildman–Crippen LogP) is 1.72. The Morgan fingerprint density at radius 2 is 2.35 bits per heavy atom. The van der Waals surface area contributed by atoms with E-state index in [1.165, 1.54) is 0 Å². The molecule has 2 atom stereocenters. The van der Waals surface area contributed by atoms with E-state index in [1.54, 1.807) is 0 Å². The quantitative estimate of drug-likeness (QED) is 0.848. The van der Waals surface area contributed by atoms with Crippen molar-refractivity contribution in [2.24, 2.45) is 5.73 Å². The molecular formula is C13H21N3O. The molecule has 0 bridgehead atoms. The fourth-order valence-electron chi connectivity index (χ4n) is 2.06. The van der Waals surface area contributed by atoms with E-state index in [4.69, 9.17) is 10.5 Å². The third-order valence-electron chi connectivity index (χ3n) is 3.07. The van der Waals surface area contributed by atoms with Gasteiger partial charge >= 0.3 is 0 Å². The average Bonchev–Trinajstić information content (AvgIpc) is 2.54. The Morgan fingerprint density at radius 1 is 1.53 bits per heavy atom. The summed E-state index contributed by atoms with van der Waals surface area (Å²) in [6.45, 7) is 6.84. The van der Waals surface area contributed by atoms with Crippen LogP contribution < -0.4 is 10.6 Å². The number of ether oxygens (including phenoxy) is 1. The SMILES string of the molecule is CC1CN(c2ccc(C(C)N)cn2)CCCO1. The molecule has 4 heteroatoms. The number of hydrogen-bond donors (Lipinski definition) is 1. The van der Waals surface area contributed by atoms with Gasteiger partial charge in [0.1, 0.15) is 5.82 Å². The van der Waals surface area contributed by atoms with Gasteiger partial charge in [-0.3, -0.25) is 0 Å². The van der Waals surface area contributed by atoms with Gasteiger partial charge in [0.05, 0.1) is 6.10 Å². The molecule has 1 saturated heterocycles. The molecule has 1 aromatic rings. The molecule has 0 amide bonds. The topological polar surface area (TPSA) is 51.4 Å². The lowest BCUT2D eigenvalue weighted by molar-refractivity contribution is 0.0820.